The van der Waals surface area contributed by atoms with Crippen LogP contribution in [0.2, 0.25) is 0 Å². The van der Waals surface area contributed by atoms with Gasteiger partial charge in [-0.05, 0) is 25.0 Å². The van der Waals surface area contributed by atoms with Crippen molar-refractivity contribution < 1.29 is 18.8 Å². The summed E-state index contributed by atoms with van der Waals surface area (Å²) in [6, 6.07) is 5.02. The molecular weight excluding hydrogens is 255 g/mol. The third kappa shape index (κ3) is 3.74. The molecule has 1 rings (SSSR count). The maximum Gasteiger partial charge on any atom is 0.323 e. The van der Waals surface area contributed by atoms with Crippen molar-refractivity contribution in [2.45, 2.75) is 13.3 Å². The Balaban J connectivity index is 2.88. The topological polar surface area (TPSA) is 93.2 Å². The highest BCUT2D eigenvalue weighted by atomic mass is 19.1. The van der Waals surface area contributed by atoms with E-state index in [2.05, 4.69) is 0 Å². The van der Waals surface area contributed by atoms with Gasteiger partial charge in [0.2, 0.25) is 5.82 Å². The third-order valence-corrected chi connectivity index (χ3v) is 2.38. The number of carbonyl (C=O) groups excluding carboxylic acids is 1. The van der Waals surface area contributed by atoms with Gasteiger partial charge < -0.3 is 4.74 Å². The summed E-state index contributed by atoms with van der Waals surface area (Å²) < 4.78 is 18.1. The van der Waals surface area contributed by atoms with Crippen LogP contribution in [0.1, 0.15) is 12.5 Å². The highest BCUT2D eigenvalue weighted by Crippen LogP contribution is 2.20. The largest absolute Gasteiger partial charge is 0.465 e. The highest BCUT2D eigenvalue weighted by Gasteiger charge is 2.21. The lowest BCUT2D eigenvalue weighted by Gasteiger charge is -2.08. The molecule has 0 saturated carbocycles. The van der Waals surface area contributed by atoms with Gasteiger partial charge in [0.1, 0.15) is 5.92 Å². The number of nitro benzene ring substituents is 1. The highest BCUT2D eigenvalue weighted by molar-refractivity contribution is 5.75. The SMILES string of the molecule is CCOC(=O)C(C#N)Cc1ccc([N+](=O)[O-])c(F)c1. The Kier molecular flexibility index (Phi) is 4.94. The Morgan fingerprint density at radius 2 is 2.32 bits per heavy atom. The molecule has 1 aromatic carbocycles. The Labute approximate surface area is 108 Å². The van der Waals surface area contributed by atoms with Gasteiger partial charge in [0.25, 0.3) is 0 Å². The number of carbonyl (C=O) groups is 1. The van der Waals surface area contributed by atoms with Crippen molar-refractivity contribution in [3.8, 4) is 6.07 Å². The predicted octanol–water partition coefficient (Wildman–Crippen LogP) is 1.98. The van der Waals surface area contributed by atoms with Gasteiger partial charge in [0.15, 0.2) is 0 Å². The number of ether oxygens (including phenoxy) is 1. The number of rotatable bonds is 5. The van der Waals surface area contributed by atoms with E-state index < -0.39 is 28.3 Å². The van der Waals surface area contributed by atoms with Crippen LogP contribution in [0.3, 0.4) is 0 Å². The van der Waals surface area contributed by atoms with E-state index in [1.165, 1.54) is 6.07 Å². The van der Waals surface area contributed by atoms with Gasteiger partial charge >= 0.3 is 11.7 Å². The van der Waals surface area contributed by atoms with Crippen LogP contribution in [0.5, 0.6) is 0 Å². The lowest BCUT2D eigenvalue weighted by atomic mass is 10.0. The zero-order valence-electron chi connectivity index (χ0n) is 10.1. The molecule has 0 bridgehead atoms. The minimum atomic E-state index is -1.05. The standard InChI is InChI=1S/C12H11FN2O4/c1-2-19-12(16)9(7-14)5-8-3-4-11(15(17)18)10(13)6-8/h3-4,6,9H,2,5H2,1H3. The Morgan fingerprint density at radius 3 is 2.79 bits per heavy atom. The Bertz CT molecular complexity index is 539. The van der Waals surface area contributed by atoms with E-state index in [1.54, 1.807) is 13.0 Å². The summed E-state index contributed by atoms with van der Waals surface area (Å²) in [6.45, 7) is 1.75. The van der Waals surface area contributed by atoms with E-state index in [0.717, 1.165) is 12.1 Å². The van der Waals surface area contributed by atoms with E-state index in [9.17, 15) is 19.3 Å². The van der Waals surface area contributed by atoms with Crippen molar-refractivity contribution in [1.29, 1.82) is 5.26 Å². The van der Waals surface area contributed by atoms with Crippen molar-refractivity contribution in [3.63, 3.8) is 0 Å². The molecule has 0 amide bonds. The number of halogens is 1. The summed E-state index contributed by atoms with van der Waals surface area (Å²) in [5.41, 5.74) is -0.323. The van der Waals surface area contributed by atoms with E-state index in [-0.39, 0.29) is 13.0 Å². The second kappa shape index (κ2) is 6.44. The summed E-state index contributed by atoms with van der Waals surface area (Å²) in [5, 5.41) is 19.3. The van der Waals surface area contributed by atoms with Crippen LogP contribution in [0, 0.1) is 33.2 Å². The first-order chi connectivity index (χ1) is 8.99. The molecule has 0 aliphatic rings. The van der Waals surface area contributed by atoms with Crippen LogP contribution in [0.4, 0.5) is 10.1 Å². The van der Waals surface area contributed by atoms with Crippen molar-refractivity contribution in [2.24, 2.45) is 5.92 Å². The fraction of sp³-hybridized carbons (Fsp3) is 0.333. The molecule has 0 aromatic heterocycles. The average Bonchev–Trinajstić information content (AvgIpc) is 2.35. The van der Waals surface area contributed by atoms with Crippen LogP contribution in [-0.4, -0.2) is 17.5 Å². The third-order valence-electron chi connectivity index (χ3n) is 2.38. The van der Waals surface area contributed by atoms with Crippen molar-refractivity contribution >= 4 is 11.7 Å². The monoisotopic (exact) mass is 266 g/mol. The van der Waals surface area contributed by atoms with E-state index >= 15 is 0 Å². The molecule has 0 radical (unpaired) electrons. The lowest BCUT2D eigenvalue weighted by Crippen LogP contribution is -2.18. The normalized spacial score (nSPS) is 11.4. The molecule has 0 N–H and O–H groups in total. The summed E-state index contributed by atoms with van der Waals surface area (Å²) in [7, 11) is 0. The second-order valence-corrected chi connectivity index (χ2v) is 3.68. The molecular formula is C12H11FN2O4. The molecule has 19 heavy (non-hydrogen) atoms. The van der Waals surface area contributed by atoms with Crippen LogP contribution in [0.25, 0.3) is 0 Å². The van der Waals surface area contributed by atoms with E-state index in [4.69, 9.17) is 10.00 Å². The van der Waals surface area contributed by atoms with Gasteiger partial charge in [-0.2, -0.15) is 9.65 Å². The van der Waals surface area contributed by atoms with Gasteiger partial charge in [-0.1, -0.05) is 6.07 Å². The first-order valence-corrected chi connectivity index (χ1v) is 5.48. The molecule has 1 unspecified atom stereocenters. The minimum absolute atomic E-state index is 0.0513. The number of esters is 1. The maximum atomic E-state index is 13.4. The van der Waals surface area contributed by atoms with Gasteiger partial charge in [-0.15, -0.1) is 0 Å². The van der Waals surface area contributed by atoms with Crippen LogP contribution in [0.15, 0.2) is 18.2 Å². The number of nitro groups is 1. The van der Waals surface area contributed by atoms with Crippen LogP contribution in [-0.2, 0) is 16.0 Å². The van der Waals surface area contributed by atoms with Crippen LogP contribution < -0.4 is 0 Å². The number of nitriles is 1. The second-order valence-electron chi connectivity index (χ2n) is 3.68. The summed E-state index contributed by atoms with van der Waals surface area (Å²) in [4.78, 5) is 21.0. The van der Waals surface area contributed by atoms with Crippen molar-refractivity contribution in [2.75, 3.05) is 6.61 Å². The number of hydrogen-bond donors (Lipinski definition) is 0. The maximum absolute atomic E-state index is 13.4. The Morgan fingerprint density at radius 1 is 1.63 bits per heavy atom. The van der Waals surface area contributed by atoms with Gasteiger partial charge in [0.05, 0.1) is 17.6 Å². The predicted molar refractivity (Wildman–Crippen MR) is 62.5 cm³/mol. The molecule has 0 aliphatic carbocycles. The number of benzene rings is 1. The first kappa shape index (κ1) is 14.6. The molecule has 0 aliphatic heterocycles. The fourth-order valence-electron chi connectivity index (χ4n) is 1.49. The van der Waals surface area contributed by atoms with Gasteiger partial charge in [-0.25, -0.2) is 0 Å². The molecule has 0 saturated heterocycles. The number of hydrogen-bond acceptors (Lipinski definition) is 5. The number of nitrogens with zero attached hydrogens (tertiary/aromatic N) is 2. The molecule has 6 nitrogen and oxygen atoms in total. The summed E-state index contributed by atoms with van der Waals surface area (Å²) in [5.74, 6) is -2.74. The first-order valence-electron chi connectivity index (χ1n) is 5.48. The molecule has 7 heteroatoms. The molecule has 100 valence electrons. The van der Waals surface area contributed by atoms with E-state index in [0.29, 0.717) is 5.56 Å². The molecule has 0 spiro atoms. The quantitative estimate of drug-likeness (QED) is 0.461. The zero-order chi connectivity index (χ0) is 14.4. The molecule has 0 heterocycles. The fourth-order valence-corrected chi connectivity index (χ4v) is 1.49. The van der Waals surface area contributed by atoms with Gasteiger partial charge in [-0.3, -0.25) is 14.9 Å². The lowest BCUT2D eigenvalue weighted by molar-refractivity contribution is -0.387. The minimum Gasteiger partial charge on any atom is -0.465 e. The summed E-state index contributed by atoms with van der Waals surface area (Å²) in [6.07, 6.45) is -0.0513. The van der Waals surface area contributed by atoms with Crippen molar-refractivity contribution in [3.05, 3.63) is 39.7 Å². The Hall–Kier alpha value is -2.49. The average molecular weight is 266 g/mol. The molecule has 0 fully saturated rings. The molecule has 1 atom stereocenters. The van der Waals surface area contributed by atoms with E-state index in [1.807, 2.05) is 0 Å². The summed E-state index contributed by atoms with van der Waals surface area (Å²) >= 11 is 0. The smallest absolute Gasteiger partial charge is 0.323 e. The van der Waals surface area contributed by atoms with Crippen LogP contribution >= 0.6 is 0 Å². The van der Waals surface area contributed by atoms with Crippen molar-refractivity contribution in [1.82, 2.24) is 0 Å². The van der Waals surface area contributed by atoms with Gasteiger partial charge in [0, 0.05) is 6.07 Å². The zero-order valence-corrected chi connectivity index (χ0v) is 10.1. The molecule has 1 aromatic rings.